The van der Waals surface area contributed by atoms with Gasteiger partial charge >= 0.3 is 0 Å². The fourth-order valence-electron chi connectivity index (χ4n) is 4.15. The Morgan fingerprint density at radius 1 is 0.727 bits per heavy atom. The molecular weight excluding hydrogens is 636 g/mol. The van der Waals surface area contributed by atoms with E-state index in [-0.39, 0.29) is 11.6 Å². The van der Waals surface area contributed by atoms with Crippen LogP contribution in [0.5, 0.6) is 0 Å². The van der Waals surface area contributed by atoms with Crippen molar-refractivity contribution in [2.45, 2.75) is 10.1 Å². The van der Waals surface area contributed by atoms with Crippen LogP contribution in [0.25, 0.3) is 6.08 Å². The minimum absolute atomic E-state index is 0.0926. The number of pyridine rings is 1. The number of aromatic nitrogens is 1. The van der Waals surface area contributed by atoms with E-state index in [1.54, 1.807) is 60.8 Å². The molecule has 1 heterocycles. The van der Waals surface area contributed by atoms with Crippen LogP contribution in [0.15, 0.2) is 149 Å². The van der Waals surface area contributed by atoms with E-state index in [0.717, 1.165) is 20.5 Å². The van der Waals surface area contributed by atoms with Gasteiger partial charge in [-0.3, -0.25) is 14.4 Å². The summed E-state index contributed by atoms with van der Waals surface area (Å²) in [5, 5.41) is 7.97. The average molecular weight is 664 g/mol. The van der Waals surface area contributed by atoms with Crippen molar-refractivity contribution in [2.75, 3.05) is 10.6 Å². The Hall–Kier alpha value is -4.99. The molecule has 0 saturated carbocycles. The molecule has 0 aliphatic carbocycles. The van der Waals surface area contributed by atoms with Gasteiger partial charge in [-0.1, -0.05) is 82.7 Å². The lowest BCUT2D eigenvalue weighted by Gasteiger charge is -2.17. The molecule has 7 nitrogen and oxygen atoms in total. The highest BCUT2D eigenvalue weighted by Crippen LogP contribution is 2.36. The second kappa shape index (κ2) is 15.0. The highest BCUT2D eigenvalue weighted by atomic mass is 79.9. The maximum absolute atomic E-state index is 13.4. The third-order valence-electron chi connectivity index (χ3n) is 6.33. The van der Waals surface area contributed by atoms with Crippen molar-refractivity contribution in [3.05, 3.63) is 160 Å². The van der Waals surface area contributed by atoms with E-state index in [1.165, 1.54) is 11.8 Å². The molecule has 0 saturated heterocycles. The summed E-state index contributed by atoms with van der Waals surface area (Å²) in [6.45, 7) is 0. The van der Waals surface area contributed by atoms with E-state index in [4.69, 9.17) is 0 Å². The predicted octanol–water partition coefficient (Wildman–Crippen LogP) is 7.73. The van der Waals surface area contributed by atoms with Gasteiger partial charge in [0.25, 0.3) is 11.8 Å². The quantitative estimate of drug-likeness (QED) is 0.105. The van der Waals surface area contributed by atoms with Crippen molar-refractivity contribution < 1.29 is 14.4 Å². The molecule has 3 N–H and O–H groups in total. The number of amides is 3. The average Bonchev–Trinajstić information content (AvgIpc) is 3.06. The van der Waals surface area contributed by atoms with Crippen LogP contribution >= 0.6 is 27.7 Å². The lowest BCUT2D eigenvalue weighted by Crippen LogP contribution is -2.30. The van der Waals surface area contributed by atoms with Gasteiger partial charge in [0.05, 0.1) is 0 Å². The fourth-order valence-corrected chi connectivity index (χ4v) is 5.44. The van der Waals surface area contributed by atoms with Gasteiger partial charge in [-0.05, 0) is 77.9 Å². The first-order valence-corrected chi connectivity index (χ1v) is 15.3. The van der Waals surface area contributed by atoms with Gasteiger partial charge in [0.2, 0.25) is 5.91 Å². The van der Waals surface area contributed by atoms with Gasteiger partial charge in [-0.15, -0.1) is 11.8 Å². The van der Waals surface area contributed by atoms with E-state index in [1.807, 2.05) is 78.9 Å². The lowest BCUT2D eigenvalue weighted by molar-refractivity contribution is -0.116. The smallest absolute Gasteiger partial charge is 0.272 e. The van der Waals surface area contributed by atoms with Crippen LogP contribution in [0.1, 0.15) is 26.7 Å². The summed E-state index contributed by atoms with van der Waals surface area (Å²) in [6.07, 6.45) is 3.25. The number of carbonyl (C=O) groups excluding carboxylic acids is 3. The number of rotatable bonds is 10. The Morgan fingerprint density at radius 2 is 1.39 bits per heavy atom. The second-order valence-electron chi connectivity index (χ2n) is 9.52. The maximum atomic E-state index is 13.4. The molecule has 0 radical (unpaired) electrons. The normalized spacial score (nSPS) is 11.7. The Balaban J connectivity index is 1.32. The van der Waals surface area contributed by atoms with Gasteiger partial charge in [0.15, 0.2) is 0 Å². The number of hydrogen-bond donors (Lipinski definition) is 3. The largest absolute Gasteiger partial charge is 0.321 e. The van der Waals surface area contributed by atoms with Crippen LogP contribution < -0.4 is 16.0 Å². The summed E-state index contributed by atoms with van der Waals surface area (Å²) in [4.78, 5) is 44.6. The molecule has 0 bridgehead atoms. The summed E-state index contributed by atoms with van der Waals surface area (Å²) in [6, 6.07) is 38.1. The van der Waals surface area contributed by atoms with Crippen LogP contribution in [0.4, 0.5) is 11.5 Å². The van der Waals surface area contributed by atoms with Gasteiger partial charge < -0.3 is 16.0 Å². The molecule has 0 fully saturated rings. The highest BCUT2D eigenvalue weighted by Gasteiger charge is 2.23. The Bertz CT molecular complexity index is 1750. The third-order valence-corrected chi connectivity index (χ3v) is 8.13. The number of hydrogen-bond acceptors (Lipinski definition) is 5. The molecule has 4 aromatic carbocycles. The van der Waals surface area contributed by atoms with Crippen molar-refractivity contribution in [3.63, 3.8) is 0 Å². The SMILES string of the molecule is O=C(Nc1ccc(SC(C(=O)Nc2ccccn2)c2ccccc2)cc1)/C(=C/c1ccc(Br)cc1)NC(=O)c1ccccc1. The van der Waals surface area contributed by atoms with Crippen LogP contribution in [0, 0.1) is 0 Å². The first-order valence-electron chi connectivity index (χ1n) is 13.6. The zero-order valence-electron chi connectivity index (χ0n) is 23.3. The minimum atomic E-state index is -0.535. The number of anilines is 2. The van der Waals surface area contributed by atoms with Gasteiger partial charge in [-0.25, -0.2) is 4.98 Å². The second-order valence-corrected chi connectivity index (χ2v) is 11.6. The standard InChI is InChI=1S/C35H27BrN4O3S/c36-27-16-14-24(15-17-27)23-30(39-33(41)26-11-5-2-6-12-26)34(42)38-28-18-20-29(21-19-28)44-32(25-9-3-1-4-10-25)35(43)40-31-13-7-8-22-37-31/h1-23,32H,(H,38,42)(H,39,41)(H,37,40,43)/b30-23-. The summed E-state index contributed by atoms with van der Waals surface area (Å²) in [5.41, 5.74) is 2.65. The van der Waals surface area contributed by atoms with Crippen molar-refractivity contribution in [2.24, 2.45) is 0 Å². The number of carbonyl (C=O) groups is 3. The first-order chi connectivity index (χ1) is 21.4. The number of nitrogens with one attached hydrogen (secondary N) is 3. The summed E-state index contributed by atoms with van der Waals surface area (Å²) >= 11 is 4.80. The summed E-state index contributed by atoms with van der Waals surface area (Å²) in [7, 11) is 0. The van der Waals surface area contributed by atoms with E-state index >= 15 is 0 Å². The van der Waals surface area contributed by atoms with Crippen molar-refractivity contribution in [1.29, 1.82) is 0 Å². The number of halogens is 1. The molecule has 5 aromatic rings. The van der Waals surface area contributed by atoms with Gasteiger partial charge in [0.1, 0.15) is 16.8 Å². The molecule has 9 heteroatoms. The molecule has 1 aromatic heterocycles. The van der Waals surface area contributed by atoms with E-state index < -0.39 is 17.1 Å². The third kappa shape index (κ3) is 8.53. The highest BCUT2D eigenvalue weighted by molar-refractivity contribution is 9.10. The zero-order chi connectivity index (χ0) is 30.7. The first kappa shape index (κ1) is 30.5. The summed E-state index contributed by atoms with van der Waals surface area (Å²) < 4.78 is 0.899. The molecule has 3 amide bonds. The van der Waals surface area contributed by atoms with Gasteiger partial charge in [-0.2, -0.15) is 0 Å². The number of nitrogens with zero attached hydrogens (tertiary/aromatic N) is 1. The molecular formula is C35H27BrN4O3S. The molecule has 0 spiro atoms. The molecule has 44 heavy (non-hydrogen) atoms. The topological polar surface area (TPSA) is 100 Å². The van der Waals surface area contributed by atoms with Crippen molar-refractivity contribution in [3.8, 4) is 0 Å². The van der Waals surface area contributed by atoms with Crippen molar-refractivity contribution in [1.82, 2.24) is 10.3 Å². The molecule has 1 atom stereocenters. The van der Waals surface area contributed by atoms with E-state index in [0.29, 0.717) is 17.1 Å². The Morgan fingerprint density at radius 3 is 2.05 bits per heavy atom. The van der Waals surface area contributed by atoms with E-state index in [2.05, 4.69) is 36.9 Å². The molecule has 0 aliphatic heterocycles. The maximum Gasteiger partial charge on any atom is 0.272 e. The van der Waals surface area contributed by atoms with Crippen LogP contribution in [0.2, 0.25) is 0 Å². The molecule has 1 unspecified atom stereocenters. The fraction of sp³-hybridized carbons (Fsp3) is 0.0286. The summed E-state index contributed by atoms with van der Waals surface area (Å²) in [5.74, 6) is -0.598. The number of benzene rings is 4. The molecule has 0 aliphatic rings. The van der Waals surface area contributed by atoms with Crippen LogP contribution in [0.3, 0.4) is 0 Å². The lowest BCUT2D eigenvalue weighted by atomic mass is 10.1. The number of thioether (sulfide) groups is 1. The minimum Gasteiger partial charge on any atom is -0.321 e. The zero-order valence-corrected chi connectivity index (χ0v) is 25.7. The van der Waals surface area contributed by atoms with Gasteiger partial charge in [0, 0.05) is 26.8 Å². The molecule has 5 rings (SSSR count). The predicted molar refractivity (Wildman–Crippen MR) is 179 cm³/mol. The van der Waals surface area contributed by atoms with Crippen LogP contribution in [-0.2, 0) is 9.59 Å². The van der Waals surface area contributed by atoms with Crippen molar-refractivity contribution >= 4 is 63.0 Å². The monoisotopic (exact) mass is 662 g/mol. The van der Waals surface area contributed by atoms with Crippen LogP contribution in [-0.4, -0.2) is 22.7 Å². The Labute approximate surface area is 268 Å². The Kier molecular flexibility index (Phi) is 10.4. The van der Waals surface area contributed by atoms with E-state index in [9.17, 15) is 14.4 Å². The molecule has 218 valence electrons.